The van der Waals surface area contributed by atoms with Crippen molar-refractivity contribution in [3.63, 3.8) is 0 Å². The third kappa shape index (κ3) is 1.28. The van der Waals surface area contributed by atoms with E-state index in [0.29, 0.717) is 0 Å². The quantitative estimate of drug-likeness (QED) is 0.809. The molecule has 0 saturated carbocycles. The van der Waals surface area contributed by atoms with E-state index in [1.807, 2.05) is 6.92 Å². The molecular weight excluding hydrogens is 196 g/mol. The van der Waals surface area contributed by atoms with Crippen LogP contribution in [0.15, 0.2) is 30.3 Å². The predicted octanol–water partition coefficient (Wildman–Crippen LogP) is 3.38. The molecule has 0 aliphatic heterocycles. The Morgan fingerprint density at radius 3 is 2.62 bits per heavy atom. The summed E-state index contributed by atoms with van der Waals surface area (Å²) in [6, 6.07) is 10.7. The van der Waals surface area contributed by atoms with Gasteiger partial charge in [0.05, 0.1) is 6.10 Å². The fourth-order valence-electron chi connectivity index (χ4n) is 2.78. The summed E-state index contributed by atoms with van der Waals surface area (Å²) in [5.41, 5.74) is 3.97. The SMILES string of the molecule is CC[C@H](O)c1ccc2c3c(cccc13)CC2. The molecule has 0 radical (unpaired) electrons. The van der Waals surface area contributed by atoms with Crippen molar-refractivity contribution in [3.05, 3.63) is 47.0 Å². The lowest BCUT2D eigenvalue weighted by atomic mass is 9.96. The Morgan fingerprint density at radius 2 is 1.88 bits per heavy atom. The summed E-state index contributed by atoms with van der Waals surface area (Å²) in [7, 11) is 0. The van der Waals surface area contributed by atoms with Gasteiger partial charge in [0.15, 0.2) is 0 Å². The van der Waals surface area contributed by atoms with Crippen LogP contribution in [0, 0.1) is 0 Å². The van der Waals surface area contributed by atoms with Gasteiger partial charge >= 0.3 is 0 Å². The lowest BCUT2D eigenvalue weighted by Gasteiger charge is -2.13. The van der Waals surface area contributed by atoms with Gasteiger partial charge in [0.25, 0.3) is 0 Å². The predicted molar refractivity (Wildman–Crippen MR) is 66.6 cm³/mol. The van der Waals surface area contributed by atoms with Crippen LogP contribution in [-0.2, 0) is 12.8 Å². The molecule has 0 saturated heterocycles. The number of hydrogen-bond donors (Lipinski definition) is 1. The molecule has 0 heterocycles. The summed E-state index contributed by atoms with van der Waals surface area (Å²) in [4.78, 5) is 0. The number of benzene rings is 2. The summed E-state index contributed by atoms with van der Waals surface area (Å²) in [5.74, 6) is 0. The van der Waals surface area contributed by atoms with Crippen LogP contribution in [0.3, 0.4) is 0 Å². The molecule has 1 aliphatic carbocycles. The topological polar surface area (TPSA) is 20.2 Å². The molecule has 1 atom stereocenters. The standard InChI is InChI=1S/C15H16O/c1-2-14(16)12-9-8-11-7-6-10-4-3-5-13(12)15(10)11/h3-5,8-9,14,16H,2,6-7H2,1H3/t14-/m0/s1. The monoisotopic (exact) mass is 212 g/mol. The first-order valence-electron chi connectivity index (χ1n) is 6.02. The molecule has 2 aromatic rings. The number of aryl methyl sites for hydroxylation is 2. The minimum absolute atomic E-state index is 0.329. The smallest absolute Gasteiger partial charge is 0.0793 e. The lowest BCUT2D eigenvalue weighted by Crippen LogP contribution is -1.97. The van der Waals surface area contributed by atoms with E-state index in [1.165, 1.54) is 21.9 Å². The average Bonchev–Trinajstić information content (AvgIpc) is 2.74. The molecule has 0 aromatic heterocycles. The van der Waals surface area contributed by atoms with Crippen molar-refractivity contribution in [3.8, 4) is 0 Å². The molecule has 0 spiro atoms. The van der Waals surface area contributed by atoms with Gasteiger partial charge in [-0.2, -0.15) is 0 Å². The van der Waals surface area contributed by atoms with E-state index in [1.54, 1.807) is 0 Å². The number of aliphatic hydroxyl groups is 1. The van der Waals surface area contributed by atoms with Crippen molar-refractivity contribution in [1.82, 2.24) is 0 Å². The van der Waals surface area contributed by atoms with Gasteiger partial charge in [-0.15, -0.1) is 0 Å². The maximum absolute atomic E-state index is 10.0. The molecule has 0 unspecified atom stereocenters. The van der Waals surface area contributed by atoms with Crippen molar-refractivity contribution in [2.45, 2.75) is 32.3 Å². The molecule has 0 bridgehead atoms. The van der Waals surface area contributed by atoms with Gasteiger partial charge in [0, 0.05) is 0 Å². The number of aliphatic hydroxyl groups excluding tert-OH is 1. The van der Waals surface area contributed by atoms with Crippen LogP contribution in [-0.4, -0.2) is 5.11 Å². The molecule has 0 amide bonds. The molecule has 1 heteroatoms. The normalized spacial score (nSPS) is 15.6. The Balaban J connectivity index is 2.33. The van der Waals surface area contributed by atoms with Gasteiger partial charge in [-0.1, -0.05) is 37.3 Å². The minimum Gasteiger partial charge on any atom is -0.388 e. The molecule has 16 heavy (non-hydrogen) atoms. The van der Waals surface area contributed by atoms with E-state index in [4.69, 9.17) is 0 Å². The first-order chi connectivity index (χ1) is 7.81. The van der Waals surface area contributed by atoms with Crippen LogP contribution in [0.2, 0.25) is 0 Å². The maximum atomic E-state index is 10.0. The van der Waals surface area contributed by atoms with E-state index < -0.39 is 0 Å². The first kappa shape index (κ1) is 9.86. The Labute approximate surface area is 95.7 Å². The molecule has 0 fully saturated rings. The van der Waals surface area contributed by atoms with Crippen molar-refractivity contribution >= 4 is 10.8 Å². The molecular formula is C15H16O. The zero-order chi connectivity index (χ0) is 11.1. The van der Waals surface area contributed by atoms with E-state index in [9.17, 15) is 5.11 Å². The van der Waals surface area contributed by atoms with E-state index in [2.05, 4.69) is 30.3 Å². The highest BCUT2D eigenvalue weighted by atomic mass is 16.3. The summed E-state index contributed by atoms with van der Waals surface area (Å²) < 4.78 is 0. The van der Waals surface area contributed by atoms with Gasteiger partial charge in [-0.3, -0.25) is 0 Å². The summed E-state index contributed by atoms with van der Waals surface area (Å²) in [6.45, 7) is 2.02. The largest absolute Gasteiger partial charge is 0.388 e. The molecule has 1 aliphatic rings. The highest BCUT2D eigenvalue weighted by molar-refractivity contribution is 5.93. The second-order valence-electron chi connectivity index (χ2n) is 4.58. The van der Waals surface area contributed by atoms with Crippen molar-refractivity contribution < 1.29 is 5.11 Å². The van der Waals surface area contributed by atoms with Crippen LogP contribution >= 0.6 is 0 Å². The van der Waals surface area contributed by atoms with Gasteiger partial charge in [-0.05, 0) is 46.7 Å². The van der Waals surface area contributed by atoms with Crippen LogP contribution in [0.5, 0.6) is 0 Å². The Kier molecular flexibility index (Phi) is 2.22. The first-order valence-corrected chi connectivity index (χ1v) is 6.02. The van der Waals surface area contributed by atoms with E-state index in [-0.39, 0.29) is 6.10 Å². The zero-order valence-electron chi connectivity index (χ0n) is 9.53. The molecule has 2 aromatic carbocycles. The number of hydrogen-bond acceptors (Lipinski definition) is 1. The molecule has 82 valence electrons. The van der Waals surface area contributed by atoms with Crippen molar-refractivity contribution in [1.29, 1.82) is 0 Å². The lowest BCUT2D eigenvalue weighted by molar-refractivity contribution is 0.175. The fraction of sp³-hybridized carbons (Fsp3) is 0.333. The Morgan fingerprint density at radius 1 is 1.12 bits per heavy atom. The second kappa shape index (κ2) is 3.60. The van der Waals surface area contributed by atoms with E-state index >= 15 is 0 Å². The second-order valence-corrected chi connectivity index (χ2v) is 4.58. The minimum atomic E-state index is -0.329. The Hall–Kier alpha value is -1.34. The third-order valence-corrected chi connectivity index (χ3v) is 3.66. The average molecular weight is 212 g/mol. The molecule has 1 N–H and O–H groups in total. The van der Waals surface area contributed by atoms with Gasteiger partial charge in [0.1, 0.15) is 0 Å². The van der Waals surface area contributed by atoms with Crippen LogP contribution in [0.1, 0.15) is 36.1 Å². The Bertz CT molecular complexity index is 532. The zero-order valence-corrected chi connectivity index (χ0v) is 9.53. The maximum Gasteiger partial charge on any atom is 0.0793 e. The summed E-state index contributed by atoms with van der Waals surface area (Å²) in [5, 5.41) is 12.7. The summed E-state index contributed by atoms with van der Waals surface area (Å²) >= 11 is 0. The van der Waals surface area contributed by atoms with Gasteiger partial charge in [0.2, 0.25) is 0 Å². The van der Waals surface area contributed by atoms with Crippen LogP contribution < -0.4 is 0 Å². The highest BCUT2D eigenvalue weighted by Gasteiger charge is 2.17. The molecule has 1 nitrogen and oxygen atoms in total. The van der Waals surface area contributed by atoms with Crippen molar-refractivity contribution in [2.24, 2.45) is 0 Å². The van der Waals surface area contributed by atoms with Crippen LogP contribution in [0.4, 0.5) is 0 Å². The number of rotatable bonds is 2. The molecule has 3 rings (SSSR count). The highest BCUT2D eigenvalue weighted by Crippen LogP contribution is 2.35. The van der Waals surface area contributed by atoms with Gasteiger partial charge in [-0.25, -0.2) is 0 Å². The third-order valence-electron chi connectivity index (χ3n) is 3.66. The van der Waals surface area contributed by atoms with Crippen molar-refractivity contribution in [2.75, 3.05) is 0 Å². The summed E-state index contributed by atoms with van der Waals surface area (Å²) in [6.07, 6.45) is 2.75. The fourth-order valence-corrected chi connectivity index (χ4v) is 2.78. The van der Waals surface area contributed by atoms with Gasteiger partial charge < -0.3 is 5.11 Å². The van der Waals surface area contributed by atoms with Crippen LogP contribution in [0.25, 0.3) is 10.8 Å². The van der Waals surface area contributed by atoms with E-state index in [0.717, 1.165) is 24.8 Å².